The molecule has 2 saturated carbocycles. The first-order valence-corrected chi connectivity index (χ1v) is 23.3. The first kappa shape index (κ1) is 42.5. The van der Waals surface area contributed by atoms with E-state index in [1.807, 2.05) is 30.5 Å². The van der Waals surface area contributed by atoms with Crippen LogP contribution in [-0.2, 0) is 24.4 Å². The molecule has 4 heterocycles. The normalized spacial score (nSPS) is 25.7. The maximum atomic E-state index is 14.8. The number of benzene rings is 2. The van der Waals surface area contributed by atoms with Crippen molar-refractivity contribution in [1.82, 2.24) is 29.9 Å². The number of amides is 3. The smallest absolute Gasteiger partial charge is 0.259 e. The molecule has 4 aromatic rings. The average Bonchev–Trinajstić information content (AvgIpc) is 3.99. The number of thiazole rings is 1. The molecule has 3 amide bonds. The van der Waals surface area contributed by atoms with E-state index < -0.39 is 68.0 Å². The number of ether oxygens (including phenoxy) is 2. The lowest BCUT2D eigenvalue weighted by Crippen LogP contribution is -2.58. The Hall–Kier alpha value is -5.16. The highest BCUT2D eigenvalue weighted by Crippen LogP contribution is 2.48. The summed E-state index contributed by atoms with van der Waals surface area (Å²) in [4.78, 5) is 59.6. The van der Waals surface area contributed by atoms with Crippen molar-refractivity contribution in [2.75, 3.05) is 19.0 Å². The molecule has 3 fully saturated rings. The van der Waals surface area contributed by atoms with Crippen molar-refractivity contribution in [3.63, 3.8) is 0 Å². The molecule has 5 atom stereocenters. The summed E-state index contributed by atoms with van der Waals surface area (Å²) in [5.41, 5.74) is 1.15. The van der Waals surface area contributed by atoms with E-state index in [1.54, 1.807) is 32.2 Å². The van der Waals surface area contributed by atoms with Crippen LogP contribution in [0.15, 0.2) is 53.9 Å². The van der Waals surface area contributed by atoms with Crippen LogP contribution in [0.2, 0.25) is 0 Å². The van der Waals surface area contributed by atoms with E-state index in [2.05, 4.69) is 29.2 Å². The van der Waals surface area contributed by atoms with Gasteiger partial charge >= 0.3 is 0 Å². The van der Waals surface area contributed by atoms with E-state index in [4.69, 9.17) is 24.4 Å². The molecule has 14 nitrogen and oxygen atoms in total. The first-order chi connectivity index (χ1) is 29.1. The molecule has 3 N–H and O–H groups in total. The van der Waals surface area contributed by atoms with Gasteiger partial charge in [0.2, 0.25) is 27.7 Å². The third-order valence-corrected chi connectivity index (χ3v) is 15.5. The average molecular weight is 874 g/mol. The summed E-state index contributed by atoms with van der Waals surface area (Å²) in [6.45, 7) is 7.59. The lowest BCUT2D eigenvalue weighted by molar-refractivity contribution is -0.140. The van der Waals surface area contributed by atoms with Crippen LogP contribution in [0.5, 0.6) is 11.6 Å². The maximum absolute atomic E-state index is 14.8. The number of hydrogen-bond donors (Lipinski definition) is 3. The minimum Gasteiger partial charge on any atom is -0.496 e. The number of nitrogens with one attached hydrogen (secondary N) is 3. The van der Waals surface area contributed by atoms with Crippen LogP contribution in [0.4, 0.5) is 10.1 Å². The highest BCUT2D eigenvalue weighted by molar-refractivity contribution is 7.91. The van der Waals surface area contributed by atoms with Gasteiger partial charge in [-0.2, -0.15) is 4.98 Å². The molecule has 0 radical (unpaired) electrons. The number of hydrogen-bond acceptors (Lipinski definition) is 12. The van der Waals surface area contributed by atoms with Crippen molar-refractivity contribution in [3.05, 3.63) is 71.0 Å². The second-order valence-electron chi connectivity index (χ2n) is 17.3. The Morgan fingerprint density at radius 1 is 1.10 bits per heavy atom. The molecule has 61 heavy (non-hydrogen) atoms. The van der Waals surface area contributed by atoms with E-state index in [9.17, 15) is 27.2 Å². The molecule has 2 aliphatic heterocycles. The number of methoxy groups -OCH3 is 1. The molecule has 4 aliphatic rings. The predicted molar refractivity (Wildman–Crippen MR) is 230 cm³/mol. The summed E-state index contributed by atoms with van der Waals surface area (Å²) in [5, 5.41) is 9.35. The zero-order valence-corrected chi connectivity index (χ0v) is 36.6. The Labute approximate surface area is 359 Å². The van der Waals surface area contributed by atoms with Gasteiger partial charge in [0.1, 0.15) is 35.3 Å². The molecule has 2 aromatic heterocycles. The topological polar surface area (TPSA) is 182 Å². The summed E-state index contributed by atoms with van der Waals surface area (Å²) >= 11 is 1.42. The highest BCUT2D eigenvalue weighted by atomic mass is 32.2. The fourth-order valence-corrected chi connectivity index (χ4v) is 10.5. The van der Waals surface area contributed by atoms with Gasteiger partial charge in [-0.05, 0) is 88.6 Å². The zero-order valence-electron chi connectivity index (χ0n) is 35.0. The van der Waals surface area contributed by atoms with Gasteiger partial charge in [0.25, 0.3) is 5.91 Å². The number of anilines is 1. The van der Waals surface area contributed by atoms with Crippen LogP contribution in [-0.4, -0.2) is 88.1 Å². The lowest BCUT2D eigenvalue weighted by atomic mass is 10.0. The van der Waals surface area contributed by atoms with Crippen LogP contribution in [0.1, 0.15) is 95.7 Å². The number of sulfonamides is 1. The number of nitrogens with zero attached hydrogens (tertiary/aromatic N) is 4. The number of fused-ring (bicyclic) bond motifs is 3. The minimum absolute atomic E-state index is 0.0156. The van der Waals surface area contributed by atoms with Crippen molar-refractivity contribution in [3.8, 4) is 22.5 Å². The van der Waals surface area contributed by atoms with Crippen molar-refractivity contribution in [2.45, 2.75) is 120 Å². The van der Waals surface area contributed by atoms with Crippen molar-refractivity contribution < 1.29 is 36.7 Å². The Bertz CT molecular complexity index is 2510. The first-order valence-electron chi connectivity index (χ1n) is 21.0. The van der Waals surface area contributed by atoms with Gasteiger partial charge in [-0.1, -0.05) is 44.9 Å². The van der Waals surface area contributed by atoms with Crippen molar-refractivity contribution in [2.24, 2.45) is 5.92 Å². The summed E-state index contributed by atoms with van der Waals surface area (Å²) < 4.78 is 54.5. The zero-order chi connectivity index (χ0) is 43.3. The number of allylic oxidation sites excluding steroid dienone is 1. The molecular formula is C44H52FN7O7S2. The van der Waals surface area contributed by atoms with E-state index >= 15 is 0 Å². The third kappa shape index (κ3) is 8.55. The highest BCUT2D eigenvalue weighted by Gasteiger charge is 2.63. The monoisotopic (exact) mass is 873 g/mol. The molecule has 0 spiro atoms. The summed E-state index contributed by atoms with van der Waals surface area (Å²) in [7, 11) is -2.43. The van der Waals surface area contributed by atoms with E-state index in [1.165, 1.54) is 28.4 Å². The molecule has 17 heteroatoms. The Balaban J connectivity index is 1.15. The molecule has 0 unspecified atom stereocenters. The fourth-order valence-electron chi connectivity index (χ4n) is 8.23. The van der Waals surface area contributed by atoms with Gasteiger partial charge in [0.15, 0.2) is 10.8 Å². The van der Waals surface area contributed by atoms with Gasteiger partial charge in [-0.25, -0.2) is 22.8 Å². The van der Waals surface area contributed by atoms with Gasteiger partial charge in [0, 0.05) is 29.0 Å². The molecular weight excluding hydrogens is 822 g/mol. The van der Waals surface area contributed by atoms with E-state index in [0.29, 0.717) is 65.3 Å². The number of carbonyl (C=O) groups excluding carboxylic acids is 3. The minimum atomic E-state index is -4.01. The van der Waals surface area contributed by atoms with Crippen LogP contribution < -0.4 is 24.8 Å². The molecule has 8 rings (SSSR count). The summed E-state index contributed by atoms with van der Waals surface area (Å²) in [6.07, 6.45) is 7.59. The fraction of sp³-hybridized carbons (Fsp3) is 0.500. The molecule has 324 valence electrons. The predicted octanol–water partition coefficient (Wildman–Crippen LogP) is 6.56. The van der Waals surface area contributed by atoms with Crippen LogP contribution >= 0.6 is 11.3 Å². The van der Waals surface area contributed by atoms with Gasteiger partial charge in [-0.3, -0.25) is 19.1 Å². The summed E-state index contributed by atoms with van der Waals surface area (Å²) in [6, 6.07) is 7.56. The largest absolute Gasteiger partial charge is 0.496 e. The third-order valence-electron chi connectivity index (χ3n) is 12.5. The van der Waals surface area contributed by atoms with Crippen LogP contribution in [0.3, 0.4) is 0 Å². The number of aryl methyl sites for hydroxylation is 1. The number of rotatable bonds is 10. The summed E-state index contributed by atoms with van der Waals surface area (Å²) in [5.74, 6) is -1.30. The van der Waals surface area contributed by atoms with E-state index in [0.717, 1.165) is 24.1 Å². The second kappa shape index (κ2) is 16.6. The van der Waals surface area contributed by atoms with Gasteiger partial charge in [0.05, 0.1) is 35.0 Å². The second-order valence-corrected chi connectivity index (χ2v) is 20.3. The Morgan fingerprint density at radius 3 is 2.62 bits per heavy atom. The molecule has 0 bridgehead atoms. The number of aromatic nitrogens is 3. The van der Waals surface area contributed by atoms with Gasteiger partial charge < -0.3 is 25.0 Å². The van der Waals surface area contributed by atoms with E-state index in [-0.39, 0.29) is 31.2 Å². The standard InChI is InChI=1S/C44H52FN7O7S2/c1-25(2)33-24-60-40(47-33)37-48-36-26(3)35(58-5)17-16-31(36)39(49-37)59-30-21-34-38(53)50-44(42(55)51-61(56,57)43(4)18-19-43)22-27(44)12-9-7-6-8-10-15-32(41(54)52(34)23-30)46-29-14-11-13-28(45)20-29/h9,11-14,16-17,20,24-25,27,30,32,34,46H,6-8,10,15,18-19,21-23H2,1-5H3,(H,50,53)(H,51,55)/b12-9-/t27-,30-,32+,34+,44-/m1/s1. The van der Waals surface area contributed by atoms with Crippen molar-refractivity contribution in [1.29, 1.82) is 0 Å². The molecule has 1 saturated heterocycles. The molecule has 2 aromatic carbocycles. The quantitative estimate of drug-likeness (QED) is 0.147. The van der Waals surface area contributed by atoms with Crippen LogP contribution in [0.25, 0.3) is 21.7 Å². The van der Waals surface area contributed by atoms with Crippen molar-refractivity contribution >= 4 is 55.7 Å². The Kier molecular flexibility index (Phi) is 11.6. The lowest BCUT2D eigenvalue weighted by Gasteiger charge is -2.30. The number of halogens is 1. The number of carbonyl (C=O) groups is 3. The molecule has 2 aliphatic carbocycles. The Morgan fingerprint density at radius 2 is 1.90 bits per heavy atom. The maximum Gasteiger partial charge on any atom is 0.259 e. The SMILES string of the molecule is COc1ccc2c(O[C@@H]3C[C@H]4C(=O)N[C@]5(C(=O)NS(=O)(=O)C6(C)CC6)C[C@H]5/C=C\CCCCC[C@H](Nc5cccc(F)c5)C(=O)N4C3)nc(-c3nc(C(C)C)cs3)nc2c1C. The van der Waals surface area contributed by atoms with Crippen LogP contribution in [0, 0.1) is 18.7 Å². The van der Waals surface area contributed by atoms with Gasteiger partial charge in [-0.15, -0.1) is 11.3 Å².